The minimum Gasteiger partial charge on any atom is -0.339 e. The van der Waals surface area contributed by atoms with Crippen LogP contribution >= 0.6 is 39.7 Å². The second-order valence-electron chi connectivity index (χ2n) is 4.09. The van der Waals surface area contributed by atoms with E-state index in [2.05, 4.69) is 25.9 Å². The molecular weight excluding hydrogens is 344 g/mol. The van der Waals surface area contributed by atoms with Crippen LogP contribution in [0.25, 0.3) is 22.3 Å². The third kappa shape index (κ3) is 2.56. The van der Waals surface area contributed by atoms with Crippen LogP contribution in [0.1, 0.15) is 0 Å². The molecule has 0 amide bonds. The van der Waals surface area contributed by atoms with Gasteiger partial charge < -0.3 is 4.98 Å². The number of aromatic amines is 1. The lowest BCUT2D eigenvalue weighted by molar-refractivity contribution is 1.21. The maximum absolute atomic E-state index is 5.89. The molecule has 1 N–H and O–H groups in total. The first kappa shape index (κ1) is 12.8. The Hall–Kier alpha value is -1.23. The lowest BCUT2D eigenvalue weighted by Gasteiger charge is -2.05. The van der Waals surface area contributed by atoms with Gasteiger partial charge in [-0.2, -0.15) is 0 Å². The molecule has 2 nitrogen and oxygen atoms in total. The van der Waals surface area contributed by atoms with Crippen LogP contribution in [0.2, 0.25) is 5.02 Å². The van der Waals surface area contributed by atoms with E-state index in [1.54, 1.807) is 0 Å². The molecule has 3 rings (SSSR count). The molecule has 0 aliphatic rings. The molecule has 0 unspecified atom stereocenters. The Labute approximate surface area is 128 Å². The highest BCUT2D eigenvalue weighted by Crippen LogP contribution is 2.23. The number of nitrogens with one attached hydrogen (secondary N) is 1. The number of aromatic nitrogens is 2. The fraction of sp³-hybridized carbons (Fsp3) is 0. The van der Waals surface area contributed by atoms with E-state index in [1.807, 2.05) is 42.5 Å². The van der Waals surface area contributed by atoms with Gasteiger partial charge in [0.15, 0.2) is 0 Å². The summed E-state index contributed by atoms with van der Waals surface area (Å²) in [5, 5.41) is 1.63. The minimum atomic E-state index is 0.583. The summed E-state index contributed by atoms with van der Waals surface area (Å²) in [4.78, 5) is 7.73. The molecule has 0 saturated carbocycles. The summed E-state index contributed by atoms with van der Waals surface area (Å²) < 4.78 is 1.57. The van der Waals surface area contributed by atoms with Crippen molar-refractivity contribution >= 4 is 50.7 Å². The Kier molecular flexibility index (Phi) is 3.39. The van der Waals surface area contributed by atoms with Gasteiger partial charge >= 0.3 is 0 Å². The van der Waals surface area contributed by atoms with E-state index >= 15 is 0 Å². The van der Waals surface area contributed by atoms with Crippen molar-refractivity contribution in [2.75, 3.05) is 0 Å². The molecule has 0 aliphatic heterocycles. The van der Waals surface area contributed by atoms with Gasteiger partial charge in [-0.1, -0.05) is 39.7 Å². The molecule has 3 aromatic rings. The summed E-state index contributed by atoms with van der Waals surface area (Å²) in [6.07, 6.45) is 0. The number of hydrogen-bond acceptors (Lipinski definition) is 2. The number of rotatable bonds is 1. The first-order chi connectivity index (χ1) is 9.13. The van der Waals surface area contributed by atoms with Crippen molar-refractivity contribution in [3.8, 4) is 11.4 Å². The van der Waals surface area contributed by atoms with Crippen LogP contribution in [-0.2, 0) is 0 Å². The van der Waals surface area contributed by atoms with Gasteiger partial charge in [0.25, 0.3) is 0 Å². The van der Waals surface area contributed by atoms with Crippen LogP contribution in [0.3, 0.4) is 0 Å². The van der Waals surface area contributed by atoms with Crippen LogP contribution in [0.5, 0.6) is 0 Å². The topological polar surface area (TPSA) is 28.7 Å². The number of halogens is 2. The van der Waals surface area contributed by atoms with Crippen molar-refractivity contribution in [2.45, 2.75) is 0 Å². The van der Waals surface area contributed by atoms with Crippen LogP contribution in [0.4, 0.5) is 0 Å². The SMILES string of the molecule is S=c1nc(-c2ccc(Cl)cc2)[nH]c2ccc(Br)cc12. The number of nitrogens with zero attached hydrogens (tertiary/aromatic N) is 1. The number of fused-ring (bicyclic) bond motifs is 1. The monoisotopic (exact) mass is 350 g/mol. The van der Waals surface area contributed by atoms with E-state index in [4.69, 9.17) is 23.8 Å². The largest absolute Gasteiger partial charge is 0.339 e. The fourth-order valence-electron chi connectivity index (χ4n) is 1.86. The molecule has 5 heteroatoms. The molecule has 94 valence electrons. The van der Waals surface area contributed by atoms with Crippen molar-refractivity contribution < 1.29 is 0 Å². The van der Waals surface area contributed by atoms with Crippen molar-refractivity contribution in [1.29, 1.82) is 0 Å². The van der Waals surface area contributed by atoms with Gasteiger partial charge in [-0.15, -0.1) is 0 Å². The molecule has 0 radical (unpaired) electrons. The average Bonchev–Trinajstić information content (AvgIpc) is 2.40. The Morgan fingerprint density at radius 2 is 1.84 bits per heavy atom. The lowest BCUT2D eigenvalue weighted by atomic mass is 10.2. The molecule has 0 bridgehead atoms. The van der Waals surface area contributed by atoms with Crippen LogP contribution in [0, 0.1) is 4.64 Å². The molecule has 0 fully saturated rings. The van der Waals surface area contributed by atoms with Gasteiger partial charge in [-0.25, -0.2) is 4.98 Å². The fourth-order valence-corrected chi connectivity index (χ4v) is 2.61. The zero-order chi connectivity index (χ0) is 13.4. The molecule has 0 atom stereocenters. The average molecular weight is 352 g/mol. The zero-order valence-electron chi connectivity index (χ0n) is 9.65. The Morgan fingerprint density at radius 1 is 1.11 bits per heavy atom. The zero-order valence-corrected chi connectivity index (χ0v) is 12.8. The molecule has 19 heavy (non-hydrogen) atoms. The molecule has 2 aromatic carbocycles. The number of H-pyrrole nitrogens is 1. The molecule has 0 saturated heterocycles. The highest BCUT2D eigenvalue weighted by atomic mass is 79.9. The lowest BCUT2D eigenvalue weighted by Crippen LogP contribution is -1.91. The van der Waals surface area contributed by atoms with Crippen molar-refractivity contribution in [3.63, 3.8) is 0 Å². The Morgan fingerprint density at radius 3 is 2.58 bits per heavy atom. The summed E-state index contributed by atoms with van der Waals surface area (Å²) in [6.45, 7) is 0. The van der Waals surface area contributed by atoms with Crippen LogP contribution in [0.15, 0.2) is 46.9 Å². The molecule has 0 spiro atoms. The summed E-state index contributed by atoms with van der Waals surface area (Å²) in [6, 6.07) is 13.4. The third-order valence-corrected chi connectivity index (χ3v) is 3.85. The van der Waals surface area contributed by atoms with E-state index in [9.17, 15) is 0 Å². The Balaban J connectivity index is 2.24. The number of benzene rings is 2. The summed E-state index contributed by atoms with van der Waals surface area (Å²) >= 11 is 14.7. The van der Waals surface area contributed by atoms with Gasteiger partial charge in [0.2, 0.25) is 0 Å². The molecule has 0 aliphatic carbocycles. The molecule has 1 aromatic heterocycles. The Bertz CT molecular complexity index is 812. The third-order valence-electron chi connectivity index (χ3n) is 2.80. The van der Waals surface area contributed by atoms with E-state index in [1.165, 1.54) is 0 Å². The van der Waals surface area contributed by atoms with Crippen LogP contribution in [-0.4, -0.2) is 9.97 Å². The predicted molar refractivity (Wildman–Crippen MR) is 85.1 cm³/mol. The van der Waals surface area contributed by atoms with Crippen molar-refractivity contribution in [3.05, 3.63) is 56.6 Å². The van der Waals surface area contributed by atoms with E-state index in [0.717, 1.165) is 26.8 Å². The van der Waals surface area contributed by atoms with Crippen LogP contribution < -0.4 is 0 Å². The quantitative estimate of drug-likeness (QED) is 0.597. The predicted octanol–water partition coefficient (Wildman–Crippen LogP) is 5.38. The van der Waals surface area contributed by atoms with E-state index < -0.39 is 0 Å². The summed E-state index contributed by atoms with van der Waals surface area (Å²) in [5.74, 6) is 0.747. The molecule has 1 heterocycles. The minimum absolute atomic E-state index is 0.583. The highest BCUT2D eigenvalue weighted by Gasteiger charge is 2.04. The highest BCUT2D eigenvalue weighted by molar-refractivity contribution is 9.10. The van der Waals surface area contributed by atoms with Gasteiger partial charge in [0.05, 0.1) is 5.52 Å². The smallest absolute Gasteiger partial charge is 0.139 e. The maximum atomic E-state index is 5.89. The van der Waals surface area contributed by atoms with E-state index in [0.29, 0.717) is 9.66 Å². The maximum Gasteiger partial charge on any atom is 0.139 e. The second kappa shape index (κ2) is 5.04. The normalized spacial score (nSPS) is 10.8. The first-order valence-electron chi connectivity index (χ1n) is 5.59. The summed E-state index contributed by atoms with van der Waals surface area (Å²) in [5.41, 5.74) is 1.92. The molecular formula is C14H8BrClN2S. The van der Waals surface area contributed by atoms with E-state index in [-0.39, 0.29) is 0 Å². The second-order valence-corrected chi connectivity index (χ2v) is 5.83. The summed E-state index contributed by atoms with van der Waals surface area (Å²) in [7, 11) is 0. The van der Waals surface area contributed by atoms with Crippen molar-refractivity contribution in [1.82, 2.24) is 9.97 Å². The number of hydrogen-bond donors (Lipinski definition) is 1. The first-order valence-corrected chi connectivity index (χ1v) is 7.17. The van der Waals surface area contributed by atoms with Gasteiger partial charge in [0.1, 0.15) is 10.5 Å². The van der Waals surface area contributed by atoms with Gasteiger partial charge in [-0.3, -0.25) is 0 Å². The standard InChI is InChI=1S/C14H8BrClN2S/c15-9-3-6-12-11(7-9)14(19)18-13(17-12)8-1-4-10(16)5-2-8/h1-7H,(H,17,18,19). The van der Waals surface area contributed by atoms with Gasteiger partial charge in [0, 0.05) is 20.4 Å². The van der Waals surface area contributed by atoms with Crippen molar-refractivity contribution in [2.24, 2.45) is 0 Å². The van der Waals surface area contributed by atoms with Gasteiger partial charge in [-0.05, 0) is 42.5 Å².